The number of carbonyl (C=O) groups is 2. The topological polar surface area (TPSA) is 104 Å². The van der Waals surface area contributed by atoms with E-state index in [0.717, 1.165) is 25.7 Å². The number of hydrogen-bond acceptors (Lipinski definition) is 3. The lowest BCUT2D eigenvalue weighted by Gasteiger charge is -2.29. The van der Waals surface area contributed by atoms with Gasteiger partial charge in [-0.15, -0.1) is 12.3 Å². The molecule has 1 fully saturated rings. The van der Waals surface area contributed by atoms with Crippen molar-refractivity contribution < 1.29 is 14.7 Å². The summed E-state index contributed by atoms with van der Waals surface area (Å²) in [6.07, 6.45) is 8.78. The van der Waals surface area contributed by atoms with Gasteiger partial charge in [0.2, 0.25) is 0 Å². The highest BCUT2D eigenvalue weighted by Crippen LogP contribution is 2.16. The molecule has 0 radical (unpaired) electrons. The molecule has 0 aromatic heterocycles. The maximum absolute atomic E-state index is 11.6. The molecule has 1 aliphatic carbocycles. The van der Waals surface area contributed by atoms with Gasteiger partial charge >= 0.3 is 12.0 Å². The van der Waals surface area contributed by atoms with Crippen LogP contribution in [-0.2, 0) is 4.79 Å². The summed E-state index contributed by atoms with van der Waals surface area (Å²) < 4.78 is 0. The Bertz CT molecular complexity index is 351. The minimum absolute atomic E-state index is 0.0422. The van der Waals surface area contributed by atoms with Crippen LogP contribution in [0.2, 0.25) is 0 Å². The molecule has 3 unspecified atom stereocenters. The molecule has 0 aliphatic heterocycles. The lowest BCUT2D eigenvalue weighted by Crippen LogP contribution is -2.54. The number of carbonyl (C=O) groups excluding carboxylic acids is 1. The van der Waals surface area contributed by atoms with Gasteiger partial charge < -0.3 is 21.5 Å². The number of nitrogens with two attached hydrogens (primary N) is 1. The van der Waals surface area contributed by atoms with Crippen molar-refractivity contribution in [3.8, 4) is 12.3 Å². The number of carboxylic acid groups (broad SMARTS) is 1. The Kier molecular flexibility index (Phi) is 5.46. The number of hydrogen-bond donors (Lipinski definition) is 4. The Morgan fingerprint density at radius 3 is 2.67 bits per heavy atom. The molecule has 6 heteroatoms. The van der Waals surface area contributed by atoms with Crippen molar-refractivity contribution in [3.05, 3.63) is 0 Å². The number of carboxylic acids is 1. The maximum Gasteiger partial charge on any atom is 0.327 e. The quantitative estimate of drug-likeness (QED) is 0.531. The summed E-state index contributed by atoms with van der Waals surface area (Å²) in [4.78, 5) is 22.5. The van der Waals surface area contributed by atoms with Crippen LogP contribution in [0.5, 0.6) is 0 Å². The first kappa shape index (κ1) is 14.3. The van der Waals surface area contributed by atoms with Crippen LogP contribution in [-0.4, -0.2) is 35.2 Å². The van der Waals surface area contributed by atoms with E-state index in [1.807, 2.05) is 0 Å². The fourth-order valence-electron chi connectivity index (χ4n) is 2.02. The predicted molar refractivity (Wildman–Crippen MR) is 66.8 cm³/mol. The number of amides is 2. The van der Waals surface area contributed by atoms with Gasteiger partial charge in [-0.05, 0) is 12.8 Å². The highest BCUT2D eigenvalue weighted by Gasteiger charge is 2.25. The van der Waals surface area contributed by atoms with Crippen molar-refractivity contribution in [2.75, 3.05) is 0 Å². The van der Waals surface area contributed by atoms with Crippen molar-refractivity contribution in [2.24, 2.45) is 5.73 Å². The number of urea groups is 1. The van der Waals surface area contributed by atoms with E-state index in [9.17, 15) is 9.59 Å². The van der Waals surface area contributed by atoms with Gasteiger partial charge in [-0.1, -0.05) is 12.8 Å². The summed E-state index contributed by atoms with van der Waals surface area (Å²) >= 11 is 0. The Morgan fingerprint density at radius 1 is 1.44 bits per heavy atom. The van der Waals surface area contributed by atoms with Gasteiger partial charge in [-0.3, -0.25) is 0 Å². The summed E-state index contributed by atoms with van der Waals surface area (Å²) in [7, 11) is 0. The van der Waals surface area contributed by atoms with Gasteiger partial charge in [0.05, 0.1) is 0 Å². The van der Waals surface area contributed by atoms with E-state index in [-0.39, 0.29) is 18.5 Å². The summed E-state index contributed by atoms with van der Waals surface area (Å²) in [6.45, 7) is 0. The van der Waals surface area contributed by atoms with E-state index in [2.05, 4.69) is 16.6 Å². The van der Waals surface area contributed by atoms with E-state index in [0.29, 0.717) is 0 Å². The molecule has 5 N–H and O–H groups in total. The van der Waals surface area contributed by atoms with Crippen LogP contribution in [0.3, 0.4) is 0 Å². The second-order valence-corrected chi connectivity index (χ2v) is 4.47. The highest BCUT2D eigenvalue weighted by molar-refractivity contribution is 5.82. The molecule has 1 saturated carbocycles. The molecule has 0 bridgehead atoms. The number of rotatable bonds is 4. The lowest BCUT2D eigenvalue weighted by molar-refractivity contribution is -0.139. The summed E-state index contributed by atoms with van der Waals surface area (Å²) in [6, 6.07) is -1.76. The zero-order valence-electron chi connectivity index (χ0n) is 10.2. The molecule has 0 heterocycles. The van der Waals surface area contributed by atoms with Gasteiger partial charge in [-0.25, -0.2) is 9.59 Å². The van der Waals surface area contributed by atoms with Crippen molar-refractivity contribution in [1.29, 1.82) is 0 Å². The van der Waals surface area contributed by atoms with Crippen LogP contribution in [0.1, 0.15) is 32.1 Å². The predicted octanol–water partition coefficient (Wildman–Crippen LogP) is 0.0320. The summed E-state index contributed by atoms with van der Waals surface area (Å²) in [5.74, 6) is 1.08. The van der Waals surface area contributed by atoms with Crippen molar-refractivity contribution in [1.82, 2.24) is 10.6 Å². The van der Waals surface area contributed by atoms with Crippen LogP contribution >= 0.6 is 0 Å². The van der Waals surface area contributed by atoms with E-state index in [4.69, 9.17) is 17.3 Å². The minimum Gasteiger partial charge on any atom is -0.480 e. The van der Waals surface area contributed by atoms with Gasteiger partial charge in [-0.2, -0.15) is 0 Å². The first-order valence-electron chi connectivity index (χ1n) is 6.03. The fourth-order valence-corrected chi connectivity index (χ4v) is 2.02. The summed E-state index contributed by atoms with van der Waals surface area (Å²) in [5.41, 5.74) is 5.89. The highest BCUT2D eigenvalue weighted by atomic mass is 16.4. The SMILES string of the molecule is C#CCC(NC(=O)NC1CCCCC1N)C(=O)O. The zero-order chi connectivity index (χ0) is 13.5. The standard InChI is InChI=1S/C12H19N3O3/c1-2-5-10(11(16)17)15-12(18)14-9-7-4-3-6-8(9)13/h1,8-10H,3-7,13H2,(H,16,17)(H2,14,15,18). The van der Waals surface area contributed by atoms with Crippen molar-refractivity contribution >= 4 is 12.0 Å². The van der Waals surface area contributed by atoms with Crippen LogP contribution < -0.4 is 16.4 Å². The average molecular weight is 253 g/mol. The third-order valence-electron chi connectivity index (χ3n) is 3.06. The first-order chi connectivity index (χ1) is 8.54. The van der Waals surface area contributed by atoms with Gasteiger partial charge in [0, 0.05) is 18.5 Å². The zero-order valence-corrected chi connectivity index (χ0v) is 10.2. The van der Waals surface area contributed by atoms with Crippen LogP contribution in [0, 0.1) is 12.3 Å². The molecule has 0 aromatic carbocycles. The minimum atomic E-state index is -1.14. The molecule has 0 spiro atoms. The second kappa shape index (κ2) is 6.87. The Balaban J connectivity index is 2.44. The maximum atomic E-state index is 11.6. The third kappa shape index (κ3) is 4.26. The lowest BCUT2D eigenvalue weighted by atomic mass is 9.91. The first-order valence-corrected chi connectivity index (χ1v) is 6.03. The van der Waals surface area contributed by atoms with Crippen molar-refractivity contribution in [3.63, 3.8) is 0 Å². The molecule has 3 atom stereocenters. The Morgan fingerprint density at radius 2 is 2.11 bits per heavy atom. The Labute approximate surface area is 106 Å². The molecule has 100 valence electrons. The average Bonchev–Trinajstić information content (AvgIpc) is 2.31. The van der Waals surface area contributed by atoms with Crippen LogP contribution in [0.4, 0.5) is 4.79 Å². The molecule has 0 aromatic rings. The molecular formula is C12H19N3O3. The molecule has 0 saturated heterocycles. The molecule has 1 aliphatic rings. The summed E-state index contributed by atoms with van der Waals surface area (Å²) in [5, 5.41) is 13.9. The third-order valence-corrected chi connectivity index (χ3v) is 3.06. The van der Waals surface area contributed by atoms with Gasteiger partial charge in [0.25, 0.3) is 0 Å². The molecule has 6 nitrogen and oxygen atoms in total. The fraction of sp³-hybridized carbons (Fsp3) is 0.667. The smallest absolute Gasteiger partial charge is 0.327 e. The second-order valence-electron chi connectivity index (χ2n) is 4.47. The monoisotopic (exact) mass is 253 g/mol. The molecule has 18 heavy (non-hydrogen) atoms. The molecule has 1 rings (SSSR count). The van der Waals surface area contributed by atoms with E-state index in [1.165, 1.54) is 0 Å². The van der Waals surface area contributed by atoms with E-state index in [1.54, 1.807) is 0 Å². The van der Waals surface area contributed by atoms with E-state index < -0.39 is 18.0 Å². The normalized spacial score (nSPS) is 24.7. The van der Waals surface area contributed by atoms with Crippen LogP contribution in [0.15, 0.2) is 0 Å². The number of aliphatic carboxylic acids is 1. The molecule has 2 amide bonds. The van der Waals surface area contributed by atoms with Gasteiger partial charge in [0.15, 0.2) is 0 Å². The number of nitrogens with one attached hydrogen (secondary N) is 2. The largest absolute Gasteiger partial charge is 0.480 e. The van der Waals surface area contributed by atoms with Crippen molar-refractivity contribution in [2.45, 2.75) is 50.2 Å². The number of terminal acetylenes is 1. The Hall–Kier alpha value is -1.74. The van der Waals surface area contributed by atoms with Crippen LogP contribution in [0.25, 0.3) is 0 Å². The van der Waals surface area contributed by atoms with Gasteiger partial charge in [0.1, 0.15) is 6.04 Å². The van der Waals surface area contributed by atoms with E-state index >= 15 is 0 Å². The molecular weight excluding hydrogens is 234 g/mol.